The van der Waals surface area contributed by atoms with E-state index in [1.807, 2.05) is 0 Å². The molecule has 0 saturated heterocycles. The van der Waals surface area contributed by atoms with Crippen LogP contribution in [0, 0.1) is 29.6 Å². The highest BCUT2D eigenvalue weighted by Crippen LogP contribution is 2.60. The van der Waals surface area contributed by atoms with E-state index < -0.39 is 0 Å². The van der Waals surface area contributed by atoms with Crippen LogP contribution in [0.3, 0.4) is 0 Å². The van der Waals surface area contributed by atoms with Gasteiger partial charge in [0.25, 0.3) is 0 Å². The summed E-state index contributed by atoms with van der Waals surface area (Å²) in [5.74, 6) is 5.65. The van der Waals surface area contributed by atoms with E-state index in [-0.39, 0.29) is 5.38 Å². The molecule has 112 valence electrons. The number of halogens is 1. The van der Waals surface area contributed by atoms with E-state index >= 15 is 0 Å². The van der Waals surface area contributed by atoms with Crippen LogP contribution in [0.5, 0.6) is 5.75 Å². The zero-order chi connectivity index (χ0) is 14.0. The van der Waals surface area contributed by atoms with Crippen molar-refractivity contribution in [3.05, 3.63) is 29.3 Å². The Kier molecular flexibility index (Phi) is 2.84. The molecule has 1 unspecified atom stereocenters. The molecule has 4 fully saturated rings. The molecule has 21 heavy (non-hydrogen) atoms. The summed E-state index contributed by atoms with van der Waals surface area (Å²) < 4.78 is 5.63. The number of fused-ring (bicyclic) bond motifs is 1. The zero-order valence-electron chi connectivity index (χ0n) is 12.4. The van der Waals surface area contributed by atoms with Crippen molar-refractivity contribution in [2.24, 2.45) is 29.6 Å². The van der Waals surface area contributed by atoms with Crippen LogP contribution in [0.25, 0.3) is 0 Å². The number of benzene rings is 1. The molecule has 4 saturated carbocycles. The van der Waals surface area contributed by atoms with Crippen LogP contribution >= 0.6 is 11.6 Å². The maximum atomic E-state index is 7.01. The molecule has 1 heterocycles. The molecule has 0 amide bonds. The molecule has 2 heteroatoms. The van der Waals surface area contributed by atoms with Gasteiger partial charge in [-0.2, -0.15) is 0 Å². The number of ether oxygens (including phenoxy) is 1. The van der Waals surface area contributed by atoms with Gasteiger partial charge in [-0.25, -0.2) is 0 Å². The molecule has 0 N–H and O–H groups in total. The quantitative estimate of drug-likeness (QED) is 0.701. The Morgan fingerprint density at radius 3 is 2.43 bits per heavy atom. The highest BCUT2D eigenvalue weighted by molar-refractivity contribution is 6.21. The molecule has 6 rings (SSSR count). The van der Waals surface area contributed by atoms with E-state index in [1.165, 1.54) is 43.2 Å². The lowest BCUT2D eigenvalue weighted by Gasteiger charge is -2.55. The minimum atomic E-state index is 0.214. The van der Waals surface area contributed by atoms with Gasteiger partial charge < -0.3 is 4.74 Å². The van der Waals surface area contributed by atoms with Crippen molar-refractivity contribution >= 4 is 11.6 Å². The Morgan fingerprint density at radius 2 is 1.71 bits per heavy atom. The number of alkyl halides is 1. The van der Waals surface area contributed by atoms with Crippen LogP contribution in [-0.2, 0) is 6.42 Å². The third-order valence-electron chi connectivity index (χ3n) is 6.67. The molecule has 4 bridgehead atoms. The first-order chi connectivity index (χ1) is 10.3. The van der Waals surface area contributed by atoms with Gasteiger partial charge in [-0.05, 0) is 78.9 Å². The van der Waals surface area contributed by atoms with Crippen LogP contribution < -0.4 is 4.74 Å². The topological polar surface area (TPSA) is 9.23 Å². The van der Waals surface area contributed by atoms with Crippen molar-refractivity contribution < 1.29 is 4.74 Å². The Morgan fingerprint density at radius 1 is 1.00 bits per heavy atom. The fourth-order valence-corrected chi connectivity index (χ4v) is 6.59. The predicted octanol–water partition coefficient (Wildman–Crippen LogP) is 4.97. The average molecular weight is 303 g/mol. The minimum absolute atomic E-state index is 0.214. The summed E-state index contributed by atoms with van der Waals surface area (Å²) >= 11 is 7.01. The maximum Gasteiger partial charge on any atom is 0.122 e. The van der Waals surface area contributed by atoms with Crippen molar-refractivity contribution in [3.63, 3.8) is 0 Å². The van der Waals surface area contributed by atoms with E-state index in [1.54, 1.807) is 0 Å². The summed E-state index contributed by atoms with van der Waals surface area (Å²) in [7, 11) is 0. The van der Waals surface area contributed by atoms with Gasteiger partial charge in [0.1, 0.15) is 5.75 Å². The SMILES string of the molecule is ClC(c1ccc2c(c1)CCO2)C1C2CC3CC(C2)CC1C3. The molecule has 5 aliphatic rings. The standard InChI is InChI=1S/C19H23ClO/c20-19(14-1-2-17-13(10-14)3-4-21-17)18-15-6-11-5-12(8-15)9-16(18)7-11/h1-2,10-12,15-16,18-19H,3-9H2. The fourth-order valence-electron chi connectivity index (χ4n) is 6.05. The lowest BCUT2D eigenvalue weighted by atomic mass is 9.51. The Balaban J connectivity index is 1.44. The lowest BCUT2D eigenvalue weighted by Crippen LogP contribution is -2.46. The van der Waals surface area contributed by atoms with Crippen LogP contribution in [0.15, 0.2) is 18.2 Å². The second-order valence-electron chi connectivity index (χ2n) is 7.88. The third kappa shape index (κ3) is 1.96. The molecule has 0 spiro atoms. The molecular weight excluding hydrogens is 280 g/mol. The Bertz CT molecular complexity index is 539. The van der Waals surface area contributed by atoms with Crippen LogP contribution in [0.4, 0.5) is 0 Å². The van der Waals surface area contributed by atoms with E-state index in [2.05, 4.69) is 18.2 Å². The van der Waals surface area contributed by atoms with E-state index in [0.29, 0.717) is 0 Å². The van der Waals surface area contributed by atoms with Crippen LogP contribution in [-0.4, -0.2) is 6.61 Å². The summed E-state index contributed by atoms with van der Waals surface area (Å²) in [6.07, 6.45) is 8.38. The molecule has 1 aromatic rings. The molecule has 0 aromatic heterocycles. The largest absolute Gasteiger partial charge is 0.493 e. The minimum Gasteiger partial charge on any atom is -0.493 e. The van der Waals surface area contributed by atoms with Gasteiger partial charge in [0, 0.05) is 6.42 Å². The van der Waals surface area contributed by atoms with Crippen molar-refractivity contribution in [2.75, 3.05) is 6.61 Å². The third-order valence-corrected chi connectivity index (χ3v) is 7.21. The fraction of sp³-hybridized carbons (Fsp3) is 0.684. The van der Waals surface area contributed by atoms with Crippen LogP contribution in [0.2, 0.25) is 0 Å². The van der Waals surface area contributed by atoms with Gasteiger partial charge >= 0.3 is 0 Å². The number of hydrogen-bond acceptors (Lipinski definition) is 1. The zero-order valence-corrected chi connectivity index (χ0v) is 13.2. The van der Waals surface area contributed by atoms with Crippen molar-refractivity contribution in [1.29, 1.82) is 0 Å². The molecule has 1 nitrogen and oxygen atoms in total. The second kappa shape index (κ2) is 4.65. The second-order valence-corrected chi connectivity index (χ2v) is 8.35. The Labute approximate surface area is 132 Å². The van der Waals surface area contributed by atoms with Gasteiger partial charge in [0.2, 0.25) is 0 Å². The molecule has 1 aromatic carbocycles. The normalized spacial score (nSPS) is 40.9. The first-order valence-electron chi connectivity index (χ1n) is 8.67. The van der Waals surface area contributed by atoms with E-state index in [0.717, 1.165) is 48.4 Å². The van der Waals surface area contributed by atoms with Gasteiger partial charge in [-0.1, -0.05) is 12.1 Å². The first-order valence-corrected chi connectivity index (χ1v) is 9.11. The summed E-state index contributed by atoms with van der Waals surface area (Å²) in [5.41, 5.74) is 2.71. The van der Waals surface area contributed by atoms with Gasteiger partial charge in [0.15, 0.2) is 0 Å². The molecule has 4 aliphatic carbocycles. The lowest BCUT2D eigenvalue weighted by molar-refractivity contribution is -0.0381. The molecule has 0 radical (unpaired) electrons. The molecule has 1 aliphatic heterocycles. The van der Waals surface area contributed by atoms with Gasteiger partial charge in [-0.3, -0.25) is 0 Å². The smallest absolute Gasteiger partial charge is 0.122 e. The number of hydrogen-bond donors (Lipinski definition) is 0. The van der Waals surface area contributed by atoms with Crippen molar-refractivity contribution in [3.8, 4) is 5.75 Å². The average Bonchev–Trinajstić information content (AvgIpc) is 2.93. The monoisotopic (exact) mass is 302 g/mol. The highest BCUT2D eigenvalue weighted by atomic mass is 35.5. The van der Waals surface area contributed by atoms with E-state index in [4.69, 9.17) is 16.3 Å². The van der Waals surface area contributed by atoms with Gasteiger partial charge in [-0.15, -0.1) is 11.6 Å². The molecule has 1 atom stereocenters. The first kappa shape index (κ1) is 12.8. The summed E-state index contributed by atoms with van der Waals surface area (Å²) in [6.45, 7) is 0.837. The van der Waals surface area contributed by atoms with Crippen molar-refractivity contribution in [2.45, 2.75) is 43.9 Å². The Hall–Kier alpha value is -0.690. The summed E-state index contributed by atoms with van der Waals surface area (Å²) in [4.78, 5) is 0. The van der Waals surface area contributed by atoms with Gasteiger partial charge in [0.05, 0.1) is 12.0 Å². The van der Waals surface area contributed by atoms with Crippen LogP contribution in [0.1, 0.15) is 48.6 Å². The summed E-state index contributed by atoms with van der Waals surface area (Å²) in [6, 6.07) is 6.68. The predicted molar refractivity (Wildman–Crippen MR) is 84.8 cm³/mol. The van der Waals surface area contributed by atoms with Crippen molar-refractivity contribution in [1.82, 2.24) is 0 Å². The highest BCUT2D eigenvalue weighted by Gasteiger charge is 2.50. The maximum absolute atomic E-state index is 7.01. The summed E-state index contributed by atoms with van der Waals surface area (Å²) in [5, 5.41) is 0.214. The number of rotatable bonds is 2. The van der Waals surface area contributed by atoms with E-state index in [9.17, 15) is 0 Å². The molecular formula is C19H23ClO.